The van der Waals surface area contributed by atoms with Gasteiger partial charge >= 0.3 is 0 Å². The lowest BCUT2D eigenvalue weighted by molar-refractivity contribution is -0.0735. The predicted molar refractivity (Wildman–Crippen MR) is 142 cm³/mol. The van der Waals surface area contributed by atoms with Gasteiger partial charge in [-0.3, -0.25) is 9.59 Å². The molecule has 2 aliphatic rings. The Morgan fingerprint density at radius 1 is 1.00 bits per heavy atom. The lowest BCUT2D eigenvalue weighted by Gasteiger charge is -2.61. The van der Waals surface area contributed by atoms with E-state index in [1.54, 1.807) is 29.2 Å². The number of fused-ring (bicyclic) bond motifs is 1. The Morgan fingerprint density at radius 3 is 2.41 bits per heavy atom. The molecule has 0 aliphatic carbocycles. The fourth-order valence-electron chi connectivity index (χ4n) is 5.51. The van der Waals surface area contributed by atoms with Gasteiger partial charge in [0.15, 0.2) is 0 Å². The number of carbonyl (C=O) groups excluding carboxylic acids is 1. The summed E-state index contributed by atoms with van der Waals surface area (Å²) < 4.78 is 14.7. The van der Waals surface area contributed by atoms with Crippen LogP contribution in [0.25, 0.3) is 16.5 Å². The SMILES string of the molecule is C=C(c1ccc(C)cc1)N1CC2(C1)CN(C(=O)c1cc(Cc3n[nH]c(=O)c4ccccc34)ccc1F)C2. The van der Waals surface area contributed by atoms with Crippen LogP contribution in [-0.4, -0.2) is 52.1 Å². The van der Waals surface area contributed by atoms with Crippen LogP contribution in [0.4, 0.5) is 4.39 Å². The van der Waals surface area contributed by atoms with Crippen LogP contribution in [0.3, 0.4) is 0 Å². The normalized spacial score (nSPS) is 15.9. The molecule has 1 spiro atoms. The maximum Gasteiger partial charge on any atom is 0.272 e. The van der Waals surface area contributed by atoms with Gasteiger partial charge in [0.1, 0.15) is 5.82 Å². The van der Waals surface area contributed by atoms with E-state index in [1.807, 2.05) is 12.1 Å². The molecular weight excluding hydrogens is 467 g/mol. The largest absolute Gasteiger partial charge is 0.370 e. The van der Waals surface area contributed by atoms with Gasteiger partial charge in [0.05, 0.1) is 16.6 Å². The monoisotopic (exact) mass is 494 g/mol. The molecule has 186 valence electrons. The molecule has 3 aromatic carbocycles. The third kappa shape index (κ3) is 4.10. The molecule has 2 fully saturated rings. The van der Waals surface area contributed by atoms with Crippen LogP contribution in [0.5, 0.6) is 0 Å². The average Bonchev–Trinajstić information content (AvgIpc) is 2.85. The number of nitrogens with zero attached hydrogens (tertiary/aromatic N) is 3. The summed E-state index contributed by atoms with van der Waals surface area (Å²) in [5.74, 6) is -0.822. The Labute approximate surface area is 214 Å². The van der Waals surface area contributed by atoms with Crippen molar-refractivity contribution in [1.82, 2.24) is 20.0 Å². The molecule has 1 aromatic heterocycles. The Morgan fingerprint density at radius 2 is 1.68 bits per heavy atom. The van der Waals surface area contributed by atoms with Gasteiger partial charge in [-0.1, -0.05) is 60.7 Å². The second-order valence-corrected chi connectivity index (χ2v) is 10.4. The molecule has 3 heterocycles. The van der Waals surface area contributed by atoms with E-state index >= 15 is 0 Å². The Bertz CT molecular complexity index is 1590. The van der Waals surface area contributed by atoms with Crippen LogP contribution in [0.15, 0.2) is 78.1 Å². The van der Waals surface area contributed by atoms with E-state index in [4.69, 9.17) is 0 Å². The topological polar surface area (TPSA) is 69.3 Å². The second kappa shape index (κ2) is 8.69. The maximum absolute atomic E-state index is 14.7. The van der Waals surface area contributed by atoms with Crippen LogP contribution in [0.2, 0.25) is 0 Å². The van der Waals surface area contributed by atoms with E-state index in [0.29, 0.717) is 30.6 Å². The Balaban J connectivity index is 1.13. The molecule has 1 amide bonds. The number of hydrogen-bond donors (Lipinski definition) is 1. The fourth-order valence-corrected chi connectivity index (χ4v) is 5.51. The van der Waals surface area contributed by atoms with Crippen molar-refractivity contribution in [2.24, 2.45) is 5.41 Å². The molecule has 2 aliphatic heterocycles. The van der Waals surface area contributed by atoms with Crippen molar-refractivity contribution in [3.63, 3.8) is 0 Å². The summed E-state index contributed by atoms with van der Waals surface area (Å²) in [6.07, 6.45) is 0.373. The number of carbonyl (C=O) groups is 1. The Kier molecular flexibility index (Phi) is 5.44. The van der Waals surface area contributed by atoms with Crippen molar-refractivity contribution in [3.05, 3.63) is 117 Å². The van der Waals surface area contributed by atoms with Crippen molar-refractivity contribution in [2.75, 3.05) is 26.2 Å². The summed E-state index contributed by atoms with van der Waals surface area (Å²) in [6.45, 7) is 9.22. The first-order valence-corrected chi connectivity index (χ1v) is 12.4. The zero-order chi connectivity index (χ0) is 25.7. The van der Waals surface area contributed by atoms with E-state index < -0.39 is 5.82 Å². The standard InChI is InChI=1S/C30H27FN4O2/c1-19-7-10-22(11-8-19)20(2)34-15-30(16-34)17-35(18-30)29(37)25-13-21(9-12-26(25)31)14-27-23-5-3-4-6-24(23)28(36)33-32-27/h3-13H,2,14-18H2,1H3,(H,33,36). The van der Waals surface area contributed by atoms with Crippen LogP contribution in [-0.2, 0) is 6.42 Å². The summed E-state index contributed by atoms with van der Waals surface area (Å²) in [4.78, 5) is 29.3. The number of aromatic amines is 1. The highest BCUT2D eigenvalue weighted by Crippen LogP contribution is 2.43. The third-order valence-corrected chi connectivity index (χ3v) is 7.57. The van der Waals surface area contributed by atoms with Crippen LogP contribution >= 0.6 is 0 Å². The molecule has 0 unspecified atom stereocenters. The Hall–Kier alpha value is -4.26. The first kappa shape index (κ1) is 23.2. The number of aryl methyl sites for hydroxylation is 1. The highest BCUT2D eigenvalue weighted by atomic mass is 19.1. The molecule has 37 heavy (non-hydrogen) atoms. The second-order valence-electron chi connectivity index (χ2n) is 10.4. The molecule has 6 nitrogen and oxygen atoms in total. The maximum atomic E-state index is 14.7. The summed E-state index contributed by atoms with van der Waals surface area (Å²) in [5, 5.41) is 8.03. The number of nitrogens with one attached hydrogen (secondary N) is 1. The van der Waals surface area contributed by atoms with E-state index in [0.717, 1.165) is 35.3 Å². The summed E-state index contributed by atoms with van der Waals surface area (Å²) in [6, 6.07) is 20.2. The van der Waals surface area contributed by atoms with Crippen molar-refractivity contribution in [2.45, 2.75) is 13.3 Å². The molecule has 0 atom stereocenters. The molecule has 6 rings (SSSR count). The molecule has 4 aromatic rings. The lowest BCUT2D eigenvalue weighted by atomic mass is 9.72. The zero-order valence-corrected chi connectivity index (χ0v) is 20.6. The number of H-pyrrole nitrogens is 1. The molecule has 0 radical (unpaired) electrons. The van der Waals surface area contributed by atoms with Crippen molar-refractivity contribution >= 4 is 22.4 Å². The first-order valence-electron chi connectivity index (χ1n) is 12.4. The van der Waals surface area contributed by atoms with Gasteiger partial charge in [0, 0.05) is 49.1 Å². The highest BCUT2D eigenvalue weighted by molar-refractivity contribution is 5.95. The summed E-state index contributed by atoms with van der Waals surface area (Å²) in [5.41, 5.74) is 4.62. The molecule has 0 saturated carbocycles. The van der Waals surface area contributed by atoms with Crippen LogP contribution in [0, 0.1) is 18.2 Å². The van der Waals surface area contributed by atoms with Gasteiger partial charge in [0.2, 0.25) is 0 Å². The van der Waals surface area contributed by atoms with Gasteiger partial charge in [-0.25, -0.2) is 9.49 Å². The summed E-state index contributed by atoms with van der Waals surface area (Å²) in [7, 11) is 0. The van der Waals surface area contributed by atoms with Gasteiger partial charge in [0.25, 0.3) is 11.5 Å². The minimum absolute atomic E-state index is 0.0517. The predicted octanol–water partition coefficient (Wildman–Crippen LogP) is 4.39. The number of aromatic nitrogens is 2. The number of hydrogen-bond acceptors (Lipinski definition) is 4. The van der Waals surface area contributed by atoms with E-state index in [1.165, 1.54) is 11.6 Å². The lowest BCUT2D eigenvalue weighted by Crippen LogP contribution is -2.72. The molecule has 1 N–H and O–H groups in total. The third-order valence-electron chi connectivity index (χ3n) is 7.57. The number of rotatable bonds is 5. The molecule has 7 heteroatoms. The zero-order valence-electron chi connectivity index (χ0n) is 20.6. The van der Waals surface area contributed by atoms with E-state index in [9.17, 15) is 14.0 Å². The highest BCUT2D eigenvalue weighted by Gasteiger charge is 2.53. The minimum atomic E-state index is -0.531. The number of halogens is 1. The van der Waals surface area contributed by atoms with Crippen LogP contribution < -0.4 is 5.56 Å². The molecular formula is C30H27FN4O2. The van der Waals surface area contributed by atoms with Gasteiger partial charge in [-0.15, -0.1) is 0 Å². The fraction of sp³-hybridized carbons (Fsp3) is 0.233. The minimum Gasteiger partial charge on any atom is -0.370 e. The van der Waals surface area contributed by atoms with Gasteiger partial charge in [-0.05, 0) is 36.2 Å². The first-order chi connectivity index (χ1) is 17.8. The van der Waals surface area contributed by atoms with Gasteiger partial charge < -0.3 is 9.80 Å². The van der Waals surface area contributed by atoms with E-state index in [2.05, 4.69) is 52.9 Å². The smallest absolute Gasteiger partial charge is 0.272 e. The number of amides is 1. The van der Waals surface area contributed by atoms with Crippen molar-refractivity contribution < 1.29 is 9.18 Å². The quantitative estimate of drug-likeness (QED) is 0.447. The molecule has 2 saturated heterocycles. The molecule has 0 bridgehead atoms. The van der Waals surface area contributed by atoms with Crippen LogP contribution in [0.1, 0.15) is 32.7 Å². The van der Waals surface area contributed by atoms with E-state index in [-0.39, 0.29) is 22.4 Å². The van der Waals surface area contributed by atoms with Gasteiger partial charge in [-0.2, -0.15) is 5.10 Å². The summed E-state index contributed by atoms with van der Waals surface area (Å²) >= 11 is 0. The number of likely N-dealkylation sites (tertiary alicyclic amines) is 2. The number of benzene rings is 3. The average molecular weight is 495 g/mol. The van der Waals surface area contributed by atoms with Crippen molar-refractivity contribution in [3.8, 4) is 0 Å². The van der Waals surface area contributed by atoms with Crippen molar-refractivity contribution in [1.29, 1.82) is 0 Å².